The van der Waals surface area contributed by atoms with Gasteiger partial charge in [-0.25, -0.2) is 0 Å². The van der Waals surface area contributed by atoms with E-state index in [9.17, 15) is 9.90 Å². The Labute approximate surface area is 179 Å². The second-order valence-electron chi connectivity index (χ2n) is 7.95. The Morgan fingerprint density at radius 1 is 1.07 bits per heavy atom. The lowest BCUT2D eigenvalue weighted by atomic mass is 9.86. The first-order valence-electron chi connectivity index (χ1n) is 10.4. The first-order chi connectivity index (χ1) is 14.4. The molecule has 2 aromatic carbocycles. The van der Waals surface area contributed by atoms with Crippen molar-refractivity contribution in [2.75, 3.05) is 46.3 Å². The highest BCUT2D eigenvalue weighted by Gasteiger charge is 2.28. The van der Waals surface area contributed by atoms with E-state index < -0.39 is 0 Å². The molecule has 1 aliphatic heterocycles. The third-order valence-electron chi connectivity index (χ3n) is 5.80. The van der Waals surface area contributed by atoms with E-state index in [-0.39, 0.29) is 24.0 Å². The zero-order valence-electron chi connectivity index (χ0n) is 18.4. The monoisotopic (exact) mass is 412 g/mol. The van der Waals surface area contributed by atoms with Crippen LogP contribution in [0.4, 0.5) is 5.69 Å². The number of nitrogens with zero attached hydrogens (tertiary/aromatic N) is 2. The highest BCUT2D eigenvalue weighted by atomic mass is 16.5. The first kappa shape index (κ1) is 21.8. The molecule has 1 aliphatic rings. The minimum Gasteiger partial charge on any atom is -0.507 e. The zero-order valence-corrected chi connectivity index (χ0v) is 18.4. The molecule has 6 nitrogen and oxygen atoms in total. The molecule has 1 saturated heterocycles. The minimum atomic E-state index is -0.323. The summed E-state index contributed by atoms with van der Waals surface area (Å²) in [6.45, 7) is 1.60. The zero-order chi connectivity index (χ0) is 21.7. The number of benzene rings is 2. The Bertz CT molecular complexity index is 858. The third kappa shape index (κ3) is 4.81. The van der Waals surface area contributed by atoms with Crippen molar-refractivity contribution in [2.24, 2.45) is 0 Å². The van der Waals surface area contributed by atoms with Crippen molar-refractivity contribution in [3.63, 3.8) is 0 Å². The molecule has 1 fully saturated rings. The fourth-order valence-corrected chi connectivity index (χ4v) is 4.06. The van der Waals surface area contributed by atoms with Crippen LogP contribution in [0.25, 0.3) is 0 Å². The van der Waals surface area contributed by atoms with Crippen LogP contribution in [0.2, 0.25) is 0 Å². The van der Waals surface area contributed by atoms with Gasteiger partial charge in [-0.1, -0.05) is 12.1 Å². The largest absolute Gasteiger partial charge is 0.507 e. The van der Waals surface area contributed by atoms with Crippen molar-refractivity contribution < 1.29 is 19.4 Å². The number of anilines is 1. The van der Waals surface area contributed by atoms with Gasteiger partial charge >= 0.3 is 0 Å². The summed E-state index contributed by atoms with van der Waals surface area (Å²) < 4.78 is 10.9. The second kappa shape index (κ2) is 9.74. The summed E-state index contributed by atoms with van der Waals surface area (Å²) in [5.74, 6) is 0.877. The van der Waals surface area contributed by atoms with Crippen molar-refractivity contribution in [1.29, 1.82) is 0 Å². The van der Waals surface area contributed by atoms with E-state index in [0.717, 1.165) is 37.2 Å². The summed E-state index contributed by atoms with van der Waals surface area (Å²) in [6, 6.07) is 11.4. The van der Waals surface area contributed by atoms with Crippen molar-refractivity contribution in [3.05, 3.63) is 47.5 Å². The average molecular weight is 413 g/mol. The van der Waals surface area contributed by atoms with Crippen LogP contribution in [-0.4, -0.2) is 57.3 Å². The Morgan fingerprint density at radius 2 is 1.73 bits per heavy atom. The molecule has 0 aromatic heterocycles. The topological polar surface area (TPSA) is 62.2 Å². The van der Waals surface area contributed by atoms with Gasteiger partial charge in [0.2, 0.25) is 5.91 Å². The molecule has 1 amide bonds. The summed E-state index contributed by atoms with van der Waals surface area (Å²) in [7, 11) is 7.09. The van der Waals surface area contributed by atoms with E-state index in [1.165, 1.54) is 6.42 Å². The molecular formula is C24H32N2O4. The average Bonchev–Trinajstić information content (AvgIpc) is 2.77. The van der Waals surface area contributed by atoms with Crippen LogP contribution in [0.3, 0.4) is 0 Å². The van der Waals surface area contributed by atoms with Crippen LogP contribution in [0, 0.1) is 0 Å². The van der Waals surface area contributed by atoms with Gasteiger partial charge in [0.25, 0.3) is 0 Å². The minimum absolute atomic E-state index is 0.0688. The quantitative estimate of drug-likeness (QED) is 0.745. The van der Waals surface area contributed by atoms with E-state index in [2.05, 4.69) is 0 Å². The normalized spacial score (nSPS) is 14.9. The molecule has 6 heteroatoms. The van der Waals surface area contributed by atoms with Crippen LogP contribution in [0.1, 0.15) is 42.7 Å². The molecule has 0 spiro atoms. The number of piperidine rings is 1. The van der Waals surface area contributed by atoms with Gasteiger partial charge in [-0.3, -0.25) is 4.79 Å². The summed E-state index contributed by atoms with van der Waals surface area (Å²) in [6.07, 6.45) is 3.54. The molecule has 0 unspecified atom stereocenters. The lowest BCUT2D eigenvalue weighted by molar-refractivity contribution is -0.132. The molecule has 3 rings (SSSR count). The number of ether oxygens (including phenoxy) is 2. The van der Waals surface area contributed by atoms with Gasteiger partial charge in [0, 0.05) is 62.9 Å². The molecule has 0 saturated carbocycles. The number of carbonyl (C=O) groups is 1. The molecule has 0 bridgehead atoms. The van der Waals surface area contributed by atoms with Crippen LogP contribution in [0.5, 0.6) is 17.2 Å². The number of rotatable bonds is 7. The Balaban J connectivity index is 2.02. The van der Waals surface area contributed by atoms with Gasteiger partial charge < -0.3 is 24.4 Å². The number of amides is 1. The Morgan fingerprint density at radius 3 is 2.30 bits per heavy atom. The lowest BCUT2D eigenvalue weighted by Gasteiger charge is -2.29. The van der Waals surface area contributed by atoms with Crippen molar-refractivity contribution >= 4 is 11.6 Å². The molecule has 0 radical (unpaired) electrons. The van der Waals surface area contributed by atoms with Gasteiger partial charge in [0.05, 0.1) is 14.2 Å². The molecule has 1 heterocycles. The van der Waals surface area contributed by atoms with E-state index in [1.54, 1.807) is 26.4 Å². The maximum Gasteiger partial charge on any atom is 0.223 e. The van der Waals surface area contributed by atoms with Crippen LogP contribution < -0.4 is 14.4 Å². The van der Waals surface area contributed by atoms with Gasteiger partial charge in [0.1, 0.15) is 17.2 Å². The maximum absolute atomic E-state index is 13.1. The van der Waals surface area contributed by atoms with Gasteiger partial charge in [-0.2, -0.15) is 0 Å². The van der Waals surface area contributed by atoms with Gasteiger partial charge in [-0.15, -0.1) is 0 Å². The predicted octanol–water partition coefficient (Wildman–Crippen LogP) is 4.01. The van der Waals surface area contributed by atoms with Crippen molar-refractivity contribution in [1.82, 2.24) is 4.90 Å². The summed E-state index contributed by atoms with van der Waals surface area (Å²) >= 11 is 0. The standard InChI is InChI=1S/C24H32N2O4/c1-25(2)18-10-8-17(9-11-18)20(16-23(28)26-12-6-5-7-13-26)24-21(27)14-19(29-3)15-22(24)30-4/h8-11,14-15,20,27H,5-7,12-13,16H2,1-4H3/t20-/m1/s1. The number of carbonyl (C=O) groups excluding carboxylic acids is 1. The molecule has 162 valence electrons. The molecule has 0 aliphatic carbocycles. The lowest BCUT2D eigenvalue weighted by Crippen LogP contribution is -2.36. The summed E-state index contributed by atoms with van der Waals surface area (Å²) in [5, 5.41) is 10.8. The van der Waals surface area contributed by atoms with Crippen LogP contribution in [0.15, 0.2) is 36.4 Å². The van der Waals surface area contributed by atoms with E-state index in [0.29, 0.717) is 17.1 Å². The Hall–Kier alpha value is -2.89. The first-order valence-corrected chi connectivity index (χ1v) is 10.4. The Kier molecular flexibility index (Phi) is 7.08. The van der Waals surface area contributed by atoms with E-state index in [1.807, 2.05) is 48.2 Å². The number of hydrogen-bond acceptors (Lipinski definition) is 5. The number of phenolic OH excluding ortho intramolecular Hbond substituents is 1. The van der Waals surface area contributed by atoms with Crippen LogP contribution >= 0.6 is 0 Å². The SMILES string of the molecule is COc1cc(O)c([C@H](CC(=O)N2CCCCC2)c2ccc(N(C)C)cc2)c(OC)c1. The molecular weight excluding hydrogens is 380 g/mol. The van der Waals surface area contributed by atoms with Crippen LogP contribution in [-0.2, 0) is 4.79 Å². The fraction of sp³-hybridized carbons (Fsp3) is 0.458. The number of aromatic hydroxyl groups is 1. The van der Waals surface area contributed by atoms with Crippen molar-refractivity contribution in [2.45, 2.75) is 31.6 Å². The predicted molar refractivity (Wildman–Crippen MR) is 119 cm³/mol. The fourth-order valence-electron chi connectivity index (χ4n) is 4.06. The second-order valence-corrected chi connectivity index (χ2v) is 7.95. The van der Waals surface area contributed by atoms with Gasteiger partial charge in [-0.05, 0) is 37.0 Å². The third-order valence-corrected chi connectivity index (χ3v) is 5.80. The molecule has 1 atom stereocenters. The number of phenols is 1. The van der Waals surface area contributed by atoms with Crippen molar-refractivity contribution in [3.8, 4) is 17.2 Å². The molecule has 2 aromatic rings. The maximum atomic E-state index is 13.1. The number of hydrogen-bond donors (Lipinski definition) is 1. The smallest absolute Gasteiger partial charge is 0.223 e. The highest BCUT2D eigenvalue weighted by Crippen LogP contribution is 2.43. The van der Waals surface area contributed by atoms with Gasteiger partial charge in [0.15, 0.2) is 0 Å². The molecule has 30 heavy (non-hydrogen) atoms. The van der Waals surface area contributed by atoms with E-state index >= 15 is 0 Å². The highest BCUT2D eigenvalue weighted by molar-refractivity contribution is 5.78. The van der Waals surface area contributed by atoms with E-state index in [4.69, 9.17) is 9.47 Å². The summed E-state index contributed by atoms with van der Waals surface area (Å²) in [5.41, 5.74) is 2.65. The summed E-state index contributed by atoms with van der Waals surface area (Å²) in [4.78, 5) is 17.1. The number of likely N-dealkylation sites (tertiary alicyclic amines) is 1. The number of methoxy groups -OCH3 is 2. The molecule has 1 N–H and O–H groups in total.